The first kappa shape index (κ1) is 17.2. The van der Waals surface area contributed by atoms with E-state index in [-0.39, 0.29) is 17.3 Å². The number of pyridine rings is 1. The third kappa shape index (κ3) is 4.41. The summed E-state index contributed by atoms with van der Waals surface area (Å²) in [5.41, 5.74) is 0.906. The molecule has 5 heteroatoms. The third-order valence-corrected chi connectivity index (χ3v) is 3.83. The highest BCUT2D eigenvalue weighted by atomic mass is 19.1. The number of aryl methyl sites for hydroxylation is 1. The van der Waals surface area contributed by atoms with Gasteiger partial charge in [-0.25, -0.2) is 4.39 Å². The molecule has 0 unspecified atom stereocenters. The molecule has 0 bridgehead atoms. The Morgan fingerprint density at radius 3 is 2.52 bits per heavy atom. The number of hydrogen-bond acceptors (Lipinski definition) is 2. The van der Waals surface area contributed by atoms with Crippen LogP contribution in [0.25, 0.3) is 10.9 Å². The second-order valence-corrected chi connectivity index (χ2v) is 5.74. The number of carbonyl (C=O) groups excluding carboxylic acids is 1. The largest absolute Gasteiger partial charge is 0.343 e. The number of aromatic nitrogens is 1. The summed E-state index contributed by atoms with van der Waals surface area (Å²) in [6.45, 7) is 5.56. The SMILES string of the molecule is CCCN(CCC)C(=O)CCc1cc2cc(F)ccc2[nH]c1=O. The Kier molecular flexibility index (Phi) is 5.90. The number of nitrogens with one attached hydrogen (secondary N) is 1. The highest BCUT2D eigenvalue weighted by molar-refractivity contribution is 5.79. The van der Waals surface area contributed by atoms with Crippen LogP contribution in [0.4, 0.5) is 4.39 Å². The molecule has 1 aromatic heterocycles. The summed E-state index contributed by atoms with van der Waals surface area (Å²) in [6, 6.07) is 5.92. The Balaban J connectivity index is 2.13. The molecule has 2 rings (SSSR count). The van der Waals surface area contributed by atoms with Gasteiger partial charge in [-0.1, -0.05) is 13.8 Å². The second kappa shape index (κ2) is 7.90. The summed E-state index contributed by atoms with van der Waals surface area (Å²) in [4.78, 5) is 28.9. The molecule has 0 aliphatic carbocycles. The van der Waals surface area contributed by atoms with Crippen molar-refractivity contribution in [1.82, 2.24) is 9.88 Å². The molecule has 4 nitrogen and oxygen atoms in total. The zero-order valence-electron chi connectivity index (χ0n) is 13.7. The molecule has 2 aromatic rings. The Bertz CT molecular complexity index is 733. The van der Waals surface area contributed by atoms with Crippen LogP contribution in [-0.2, 0) is 11.2 Å². The first-order valence-corrected chi connectivity index (χ1v) is 8.14. The van der Waals surface area contributed by atoms with Gasteiger partial charge in [0, 0.05) is 36.0 Å². The molecule has 1 amide bonds. The summed E-state index contributed by atoms with van der Waals surface area (Å²) < 4.78 is 13.3. The van der Waals surface area contributed by atoms with Crippen molar-refractivity contribution < 1.29 is 9.18 Å². The smallest absolute Gasteiger partial charge is 0.251 e. The predicted molar refractivity (Wildman–Crippen MR) is 90.0 cm³/mol. The minimum absolute atomic E-state index is 0.0624. The van der Waals surface area contributed by atoms with Crippen molar-refractivity contribution in [3.05, 3.63) is 46.0 Å². The van der Waals surface area contributed by atoms with Crippen LogP contribution in [0.2, 0.25) is 0 Å². The van der Waals surface area contributed by atoms with Crippen LogP contribution in [0.15, 0.2) is 29.1 Å². The second-order valence-electron chi connectivity index (χ2n) is 5.74. The third-order valence-electron chi connectivity index (χ3n) is 3.83. The number of aromatic amines is 1. The van der Waals surface area contributed by atoms with E-state index in [9.17, 15) is 14.0 Å². The lowest BCUT2D eigenvalue weighted by atomic mass is 10.1. The molecule has 0 spiro atoms. The quantitative estimate of drug-likeness (QED) is 0.852. The van der Waals surface area contributed by atoms with Gasteiger partial charge in [0.1, 0.15) is 5.82 Å². The van der Waals surface area contributed by atoms with Gasteiger partial charge in [-0.15, -0.1) is 0 Å². The van der Waals surface area contributed by atoms with Crippen molar-refractivity contribution in [2.45, 2.75) is 39.5 Å². The molecule has 0 saturated carbocycles. The molecule has 1 aromatic carbocycles. The lowest BCUT2D eigenvalue weighted by Gasteiger charge is -2.21. The topological polar surface area (TPSA) is 53.2 Å². The van der Waals surface area contributed by atoms with Gasteiger partial charge in [-0.3, -0.25) is 9.59 Å². The van der Waals surface area contributed by atoms with Crippen LogP contribution in [-0.4, -0.2) is 28.9 Å². The fourth-order valence-corrected chi connectivity index (χ4v) is 2.71. The Morgan fingerprint density at radius 2 is 1.87 bits per heavy atom. The Hall–Kier alpha value is -2.17. The molecule has 0 aliphatic heterocycles. The number of fused-ring (bicyclic) bond motifs is 1. The predicted octanol–water partition coefficient (Wildman–Crippen LogP) is 3.25. The van der Waals surface area contributed by atoms with Crippen LogP contribution >= 0.6 is 0 Å². The molecule has 0 aliphatic rings. The first-order valence-electron chi connectivity index (χ1n) is 8.14. The van der Waals surface area contributed by atoms with E-state index in [1.165, 1.54) is 12.1 Å². The van der Waals surface area contributed by atoms with Crippen molar-refractivity contribution in [3.63, 3.8) is 0 Å². The number of nitrogens with zero attached hydrogens (tertiary/aromatic N) is 1. The van der Waals surface area contributed by atoms with Gasteiger partial charge in [0.05, 0.1) is 0 Å². The highest BCUT2D eigenvalue weighted by Gasteiger charge is 2.13. The normalized spacial score (nSPS) is 10.9. The monoisotopic (exact) mass is 318 g/mol. The van der Waals surface area contributed by atoms with E-state index in [0.29, 0.717) is 29.3 Å². The van der Waals surface area contributed by atoms with Gasteiger partial charge < -0.3 is 9.88 Å². The Labute approximate surface area is 135 Å². The van der Waals surface area contributed by atoms with Gasteiger partial charge in [0.25, 0.3) is 5.56 Å². The van der Waals surface area contributed by atoms with Crippen molar-refractivity contribution in [2.24, 2.45) is 0 Å². The standard InChI is InChI=1S/C18H23FN2O2/c1-3-9-21(10-4-2)17(22)8-5-13-11-14-12-15(19)6-7-16(14)20-18(13)23/h6-7,11-12H,3-5,8-10H2,1-2H3,(H,20,23). The van der Waals surface area contributed by atoms with Crippen molar-refractivity contribution in [1.29, 1.82) is 0 Å². The molecule has 0 fully saturated rings. The molecular formula is C18H23FN2O2. The summed E-state index contributed by atoms with van der Waals surface area (Å²) in [7, 11) is 0. The first-order chi connectivity index (χ1) is 11.0. The van der Waals surface area contributed by atoms with Crippen LogP contribution in [0.3, 0.4) is 0 Å². The van der Waals surface area contributed by atoms with Crippen molar-refractivity contribution in [3.8, 4) is 0 Å². The lowest BCUT2D eigenvalue weighted by Crippen LogP contribution is -2.33. The minimum atomic E-state index is -0.344. The zero-order chi connectivity index (χ0) is 16.8. The summed E-state index contributed by atoms with van der Waals surface area (Å²) in [5, 5.41) is 0.644. The van der Waals surface area contributed by atoms with E-state index in [2.05, 4.69) is 4.98 Å². The average Bonchev–Trinajstić information content (AvgIpc) is 2.52. The number of halogens is 1. The van der Waals surface area contributed by atoms with E-state index >= 15 is 0 Å². The number of carbonyl (C=O) groups is 1. The summed E-state index contributed by atoms with van der Waals surface area (Å²) in [5.74, 6) is -0.281. The molecule has 124 valence electrons. The minimum Gasteiger partial charge on any atom is -0.343 e. The molecule has 1 heterocycles. The average molecular weight is 318 g/mol. The molecule has 0 radical (unpaired) electrons. The maximum Gasteiger partial charge on any atom is 0.251 e. The number of rotatable bonds is 7. The van der Waals surface area contributed by atoms with Crippen molar-refractivity contribution >= 4 is 16.8 Å². The van der Waals surface area contributed by atoms with Gasteiger partial charge in [0.2, 0.25) is 5.91 Å². The van der Waals surface area contributed by atoms with E-state index in [0.717, 1.165) is 25.9 Å². The fourth-order valence-electron chi connectivity index (χ4n) is 2.71. The summed E-state index contributed by atoms with van der Waals surface area (Å²) >= 11 is 0. The van der Waals surface area contributed by atoms with E-state index in [1.807, 2.05) is 18.7 Å². The van der Waals surface area contributed by atoms with Gasteiger partial charge in [-0.05, 0) is 43.5 Å². The van der Waals surface area contributed by atoms with Crippen molar-refractivity contribution in [2.75, 3.05) is 13.1 Å². The lowest BCUT2D eigenvalue weighted by molar-refractivity contribution is -0.131. The van der Waals surface area contributed by atoms with Gasteiger partial charge in [0.15, 0.2) is 0 Å². The number of hydrogen-bond donors (Lipinski definition) is 1. The highest BCUT2D eigenvalue weighted by Crippen LogP contribution is 2.14. The summed E-state index contributed by atoms with van der Waals surface area (Å²) in [6.07, 6.45) is 2.50. The molecule has 23 heavy (non-hydrogen) atoms. The molecule has 1 N–H and O–H groups in total. The molecular weight excluding hydrogens is 295 g/mol. The van der Waals surface area contributed by atoms with E-state index < -0.39 is 0 Å². The van der Waals surface area contributed by atoms with Gasteiger partial charge >= 0.3 is 0 Å². The fraction of sp³-hybridized carbons (Fsp3) is 0.444. The Morgan fingerprint density at radius 1 is 1.17 bits per heavy atom. The van der Waals surface area contributed by atoms with E-state index in [1.54, 1.807) is 12.1 Å². The molecule has 0 atom stereocenters. The molecule has 0 saturated heterocycles. The van der Waals surface area contributed by atoms with E-state index in [4.69, 9.17) is 0 Å². The van der Waals surface area contributed by atoms with Gasteiger partial charge in [-0.2, -0.15) is 0 Å². The maximum atomic E-state index is 13.3. The van der Waals surface area contributed by atoms with Crippen LogP contribution in [0.5, 0.6) is 0 Å². The zero-order valence-corrected chi connectivity index (χ0v) is 13.7. The van der Waals surface area contributed by atoms with Crippen LogP contribution in [0, 0.1) is 5.82 Å². The van der Waals surface area contributed by atoms with Crippen LogP contribution < -0.4 is 5.56 Å². The van der Waals surface area contributed by atoms with Crippen LogP contribution in [0.1, 0.15) is 38.7 Å². The number of benzene rings is 1. The number of amides is 1. The number of H-pyrrole nitrogens is 1. The maximum absolute atomic E-state index is 13.3.